The first-order valence-electron chi connectivity index (χ1n) is 6.19. The molecule has 0 radical (unpaired) electrons. The molecule has 0 saturated carbocycles. The fourth-order valence-electron chi connectivity index (χ4n) is 1.76. The highest BCUT2D eigenvalue weighted by Crippen LogP contribution is 2.37. The van der Waals surface area contributed by atoms with Gasteiger partial charge in [0, 0.05) is 6.42 Å². The van der Waals surface area contributed by atoms with Crippen LogP contribution in [-0.4, -0.2) is 38.1 Å². The van der Waals surface area contributed by atoms with Crippen LogP contribution in [0.3, 0.4) is 0 Å². The predicted octanol–water partition coefficient (Wildman–Crippen LogP) is 1.75. The number of hydrogen-bond acceptors (Lipinski definition) is 7. The molecular formula is C14H10N2O7. The number of hydrogen-bond donors (Lipinski definition) is 4. The molecule has 1 aromatic rings. The number of azo groups is 1. The van der Waals surface area contributed by atoms with Crippen molar-refractivity contribution in [1.82, 2.24) is 0 Å². The molecule has 0 aliphatic heterocycles. The Bertz CT molecular complexity index is 806. The minimum Gasteiger partial charge on any atom is -0.504 e. The van der Waals surface area contributed by atoms with E-state index in [2.05, 4.69) is 10.2 Å². The molecule has 0 aromatic heterocycles. The highest BCUT2D eigenvalue weighted by atomic mass is 16.4. The number of Topliss-reactive ketones (excluding diaryl/α,β-unsaturated/α-hetero) is 1. The van der Waals surface area contributed by atoms with Gasteiger partial charge in [0.1, 0.15) is 11.3 Å². The van der Waals surface area contributed by atoms with Crippen molar-refractivity contribution in [2.24, 2.45) is 10.2 Å². The van der Waals surface area contributed by atoms with Gasteiger partial charge in [0.05, 0.1) is 11.3 Å². The molecule has 1 aromatic carbocycles. The van der Waals surface area contributed by atoms with Crippen molar-refractivity contribution in [3.05, 3.63) is 41.1 Å². The number of phenols is 2. The van der Waals surface area contributed by atoms with E-state index in [1.807, 2.05) is 0 Å². The summed E-state index contributed by atoms with van der Waals surface area (Å²) in [6, 6.07) is 1.83. The van der Waals surface area contributed by atoms with E-state index in [0.717, 1.165) is 18.2 Å². The molecule has 0 bridgehead atoms. The van der Waals surface area contributed by atoms with Crippen molar-refractivity contribution < 1.29 is 34.8 Å². The lowest BCUT2D eigenvalue weighted by Crippen LogP contribution is -2.14. The first-order valence-corrected chi connectivity index (χ1v) is 6.19. The lowest BCUT2D eigenvalue weighted by Gasteiger charge is -2.06. The van der Waals surface area contributed by atoms with Crippen molar-refractivity contribution in [3.8, 4) is 11.5 Å². The average molecular weight is 318 g/mol. The third-order valence-corrected chi connectivity index (χ3v) is 2.91. The summed E-state index contributed by atoms with van der Waals surface area (Å²) < 4.78 is 0. The zero-order valence-corrected chi connectivity index (χ0v) is 11.4. The van der Waals surface area contributed by atoms with E-state index in [0.29, 0.717) is 0 Å². The van der Waals surface area contributed by atoms with Gasteiger partial charge in [-0.2, -0.15) is 5.11 Å². The molecular weight excluding hydrogens is 308 g/mol. The van der Waals surface area contributed by atoms with Crippen LogP contribution in [0.2, 0.25) is 0 Å². The van der Waals surface area contributed by atoms with Crippen LogP contribution in [0.25, 0.3) is 0 Å². The van der Waals surface area contributed by atoms with Crippen LogP contribution in [0.1, 0.15) is 16.8 Å². The van der Waals surface area contributed by atoms with E-state index >= 15 is 0 Å². The average Bonchev–Trinajstić information content (AvgIpc) is 2.49. The van der Waals surface area contributed by atoms with Crippen LogP contribution in [0.5, 0.6) is 11.5 Å². The van der Waals surface area contributed by atoms with Crippen molar-refractivity contribution in [2.75, 3.05) is 0 Å². The van der Waals surface area contributed by atoms with Gasteiger partial charge in [0.25, 0.3) is 0 Å². The van der Waals surface area contributed by atoms with E-state index < -0.39 is 34.8 Å². The van der Waals surface area contributed by atoms with Gasteiger partial charge < -0.3 is 20.4 Å². The second-order valence-corrected chi connectivity index (χ2v) is 4.49. The SMILES string of the molecule is O=C(O)C1=CC(N=Nc2cc(C(=O)O)cc(O)c2O)=CCC1=O. The third kappa shape index (κ3) is 3.40. The number of carboxylic acid groups (broad SMARTS) is 2. The quantitative estimate of drug-likeness (QED) is 0.374. The molecule has 9 heteroatoms. The number of aliphatic carboxylic acids is 1. The van der Waals surface area contributed by atoms with Gasteiger partial charge in [-0.05, 0) is 24.3 Å². The summed E-state index contributed by atoms with van der Waals surface area (Å²) >= 11 is 0. The minimum absolute atomic E-state index is 0.0571. The van der Waals surface area contributed by atoms with Crippen molar-refractivity contribution >= 4 is 23.4 Å². The van der Waals surface area contributed by atoms with Crippen LogP contribution in [0.4, 0.5) is 5.69 Å². The Kier molecular flexibility index (Phi) is 4.21. The van der Waals surface area contributed by atoms with Crippen LogP contribution >= 0.6 is 0 Å². The Hall–Kier alpha value is -3.49. The number of carbonyl (C=O) groups is 3. The molecule has 0 amide bonds. The molecule has 0 heterocycles. The van der Waals surface area contributed by atoms with E-state index in [9.17, 15) is 24.6 Å². The number of benzene rings is 1. The van der Waals surface area contributed by atoms with Crippen molar-refractivity contribution in [1.29, 1.82) is 0 Å². The van der Waals surface area contributed by atoms with E-state index in [1.54, 1.807) is 0 Å². The van der Waals surface area contributed by atoms with Crippen molar-refractivity contribution in [2.45, 2.75) is 6.42 Å². The number of allylic oxidation sites excluding steroid dienone is 2. The monoisotopic (exact) mass is 318 g/mol. The Morgan fingerprint density at radius 3 is 2.35 bits per heavy atom. The van der Waals surface area contributed by atoms with Crippen LogP contribution in [0.15, 0.2) is 45.8 Å². The Labute approximate surface area is 128 Å². The van der Waals surface area contributed by atoms with Gasteiger partial charge in [-0.15, -0.1) is 5.11 Å². The molecule has 1 aliphatic rings. The fraction of sp³-hybridized carbons (Fsp3) is 0.0714. The summed E-state index contributed by atoms with van der Waals surface area (Å²) in [7, 11) is 0. The van der Waals surface area contributed by atoms with Crippen LogP contribution in [0, 0.1) is 0 Å². The molecule has 23 heavy (non-hydrogen) atoms. The molecule has 0 fully saturated rings. The second-order valence-electron chi connectivity index (χ2n) is 4.49. The Morgan fingerprint density at radius 1 is 1.04 bits per heavy atom. The van der Waals surface area contributed by atoms with Gasteiger partial charge >= 0.3 is 11.9 Å². The fourth-order valence-corrected chi connectivity index (χ4v) is 1.76. The van der Waals surface area contributed by atoms with Crippen LogP contribution < -0.4 is 0 Å². The number of rotatable bonds is 4. The lowest BCUT2D eigenvalue weighted by molar-refractivity contribution is -0.134. The number of phenolic OH excluding ortho intramolecular Hbond substituents is 2. The highest BCUT2D eigenvalue weighted by molar-refractivity contribution is 6.18. The van der Waals surface area contributed by atoms with Gasteiger partial charge in [0.2, 0.25) is 0 Å². The van der Waals surface area contributed by atoms with Crippen molar-refractivity contribution in [3.63, 3.8) is 0 Å². The summed E-state index contributed by atoms with van der Waals surface area (Å²) in [4.78, 5) is 33.1. The predicted molar refractivity (Wildman–Crippen MR) is 74.7 cm³/mol. The Morgan fingerprint density at radius 2 is 1.74 bits per heavy atom. The molecule has 2 rings (SSSR count). The zero-order valence-electron chi connectivity index (χ0n) is 11.4. The lowest BCUT2D eigenvalue weighted by atomic mass is 10.0. The van der Waals surface area contributed by atoms with E-state index in [-0.39, 0.29) is 23.4 Å². The number of ketones is 1. The van der Waals surface area contributed by atoms with E-state index in [1.165, 1.54) is 6.08 Å². The largest absolute Gasteiger partial charge is 0.504 e. The maximum Gasteiger partial charge on any atom is 0.339 e. The van der Waals surface area contributed by atoms with Gasteiger partial charge in [0.15, 0.2) is 17.3 Å². The summed E-state index contributed by atoms with van der Waals surface area (Å²) in [5, 5.41) is 44.1. The second kappa shape index (κ2) is 6.10. The summed E-state index contributed by atoms with van der Waals surface area (Å²) in [6.45, 7) is 0. The molecule has 118 valence electrons. The molecule has 0 unspecified atom stereocenters. The number of carboxylic acids is 2. The first kappa shape index (κ1) is 15.9. The topological polar surface area (TPSA) is 157 Å². The maximum absolute atomic E-state index is 11.4. The first-order chi connectivity index (χ1) is 10.8. The Balaban J connectivity index is 2.36. The number of aromatic hydroxyl groups is 2. The molecule has 4 N–H and O–H groups in total. The number of nitrogens with zero attached hydrogens (tertiary/aromatic N) is 2. The minimum atomic E-state index is -1.40. The third-order valence-electron chi connectivity index (χ3n) is 2.91. The standard InChI is InChI=1S/C14H10N2O7/c17-10-2-1-7(5-8(10)14(22)23)15-16-9-3-6(13(20)21)4-11(18)12(9)19/h1,3-5,18-19H,2H2,(H,20,21)(H,22,23). The highest BCUT2D eigenvalue weighted by Gasteiger charge is 2.20. The van der Waals surface area contributed by atoms with Gasteiger partial charge in [-0.25, -0.2) is 9.59 Å². The van der Waals surface area contributed by atoms with Crippen LogP contribution in [-0.2, 0) is 9.59 Å². The molecule has 9 nitrogen and oxygen atoms in total. The van der Waals surface area contributed by atoms with Gasteiger partial charge in [-0.1, -0.05) is 0 Å². The molecule has 0 atom stereocenters. The number of aromatic carboxylic acids is 1. The summed E-state index contributed by atoms with van der Waals surface area (Å²) in [5.74, 6) is -4.68. The molecule has 0 saturated heterocycles. The molecule has 1 aliphatic carbocycles. The maximum atomic E-state index is 11.4. The summed E-state index contributed by atoms with van der Waals surface area (Å²) in [5.41, 5.74) is -1.02. The molecule has 0 spiro atoms. The van der Waals surface area contributed by atoms with E-state index in [4.69, 9.17) is 10.2 Å². The zero-order chi connectivity index (χ0) is 17.1. The normalized spacial score (nSPS) is 14.5. The number of carbonyl (C=O) groups excluding carboxylic acids is 1. The summed E-state index contributed by atoms with van der Waals surface area (Å²) in [6.07, 6.45) is 2.17. The van der Waals surface area contributed by atoms with Gasteiger partial charge in [-0.3, -0.25) is 4.79 Å². The smallest absolute Gasteiger partial charge is 0.339 e.